The van der Waals surface area contributed by atoms with Gasteiger partial charge in [0.15, 0.2) is 17.6 Å². The first-order chi connectivity index (χ1) is 20.3. The molecule has 2 N–H and O–H groups in total. The molecule has 2 saturated heterocycles. The van der Waals surface area contributed by atoms with Crippen LogP contribution in [0, 0.1) is 18.8 Å². The number of ether oxygens (including phenoxy) is 3. The first kappa shape index (κ1) is 27.3. The normalized spacial score (nSPS) is 31.2. The van der Waals surface area contributed by atoms with Gasteiger partial charge in [0.1, 0.15) is 18.2 Å². The number of anilines is 1. The minimum Gasteiger partial charge on any atom is -0.486 e. The van der Waals surface area contributed by atoms with Gasteiger partial charge in [0.05, 0.1) is 24.5 Å². The van der Waals surface area contributed by atoms with Crippen LogP contribution in [0.2, 0.25) is 5.02 Å². The lowest BCUT2D eigenvalue weighted by Gasteiger charge is -2.36. The van der Waals surface area contributed by atoms with Crippen molar-refractivity contribution in [2.24, 2.45) is 11.8 Å². The Morgan fingerprint density at radius 3 is 2.64 bits per heavy atom. The third kappa shape index (κ3) is 4.54. The molecule has 1 aliphatic carbocycles. The van der Waals surface area contributed by atoms with E-state index in [9.17, 15) is 14.4 Å². The van der Waals surface area contributed by atoms with Crippen molar-refractivity contribution in [2.75, 3.05) is 18.5 Å². The summed E-state index contributed by atoms with van der Waals surface area (Å²) < 4.78 is 18.6. The van der Waals surface area contributed by atoms with Gasteiger partial charge in [0.25, 0.3) is 0 Å². The molecular formula is C32H34ClN3O6. The molecule has 0 aromatic heterocycles. The molecule has 7 rings (SSSR count). The Kier molecular flexibility index (Phi) is 6.89. The van der Waals surface area contributed by atoms with E-state index in [1.165, 1.54) is 0 Å². The quantitative estimate of drug-likeness (QED) is 0.492. The fourth-order valence-corrected chi connectivity index (χ4v) is 7.44. The average Bonchev–Trinajstić information content (AvgIpc) is 3.63. The molecule has 10 heteroatoms. The highest BCUT2D eigenvalue weighted by Gasteiger charge is 2.73. The Morgan fingerprint density at radius 1 is 1.07 bits per heavy atom. The molecule has 2 aromatic carbocycles. The van der Waals surface area contributed by atoms with E-state index in [0.29, 0.717) is 22.2 Å². The van der Waals surface area contributed by atoms with Gasteiger partial charge < -0.3 is 29.7 Å². The number of hydrogen-bond donors (Lipinski definition) is 2. The molecule has 1 saturated carbocycles. The maximum absolute atomic E-state index is 14.3. The summed E-state index contributed by atoms with van der Waals surface area (Å²) >= 11 is 6.29. The maximum atomic E-state index is 14.3. The van der Waals surface area contributed by atoms with Crippen molar-refractivity contribution in [1.82, 2.24) is 10.2 Å². The van der Waals surface area contributed by atoms with Crippen LogP contribution in [0.4, 0.5) is 5.69 Å². The van der Waals surface area contributed by atoms with E-state index in [1.54, 1.807) is 17.0 Å². The fourth-order valence-electron chi connectivity index (χ4n) is 7.26. The molecule has 42 heavy (non-hydrogen) atoms. The first-order valence-electron chi connectivity index (χ1n) is 14.8. The smallest absolute Gasteiger partial charge is 0.246 e. The van der Waals surface area contributed by atoms with E-state index < -0.39 is 35.7 Å². The molecular weight excluding hydrogens is 558 g/mol. The number of nitrogens with one attached hydrogen (secondary N) is 2. The van der Waals surface area contributed by atoms with Crippen LogP contribution in [-0.2, 0) is 19.1 Å². The monoisotopic (exact) mass is 591 g/mol. The van der Waals surface area contributed by atoms with Gasteiger partial charge in [-0.1, -0.05) is 61.2 Å². The van der Waals surface area contributed by atoms with Crippen molar-refractivity contribution in [1.29, 1.82) is 0 Å². The molecule has 3 fully saturated rings. The predicted molar refractivity (Wildman–Crippen MR) is 155 cm³/mol. The number of amides is 3. The second-order valence-corrected chi connectivity index (χ2v) is 12.4. The van der Waals surface area contributed by atoms with E-state index in [1.807, 2.05) is 49.4 Å². The zero-order valence-corrected chi connectivity index (χ0v) is 24.1. The van der Waals surface area contributed by atoms with Gasteiger partial charge >= 0.3 is 0 Å². The standard InChI is InChI=1S/C32H34ClN3O6/c1-18-11-12-20(15-22(18)33)35-29(37)26-25-13-14-32(42-25)27(26)31(39)36(28(32)30(38)34-19-7-3-2-4-8-19)16-21-17-40-23-9-5-6-10-24(23)41-21/h5-6,9-15,19,21,25-28H,2-4,7-8,16-17H2,1H3,(H,34,38)(H,35,37)/t21-,25+,26-,27+,28+,32+/m0/s1. The molecule has 2 aromatic rings. The number of aryl methyl sites for hydroxylation is 1. The van der Waals surface area contributed by atoms with E-state index in [2.05, 4.69) is 10.6 Å². The SMILES string of the molecule is Cc1ccc(NC(=O)[C@H]2[C@H]3C=C[C@@]4(O3)[C@H]2C(=O)N(C[C@H]2COc3ccccc3O2)[C@@H]4C(=O)NC2CCCCC2)cc1Cl. The van der Waals surface area contributed by atoms with Crippen molar-refractivity contribution in [3.63, 3.8) is 0 Å². The van der Waals surface area contributed by atoms with Crippen LogP contribution in [0.25, 0.3) is 0 Å². The second-order valence-electron chi connectivity index (χ2n) is 12.0. The topological polar surface area (TPSA) is 106 Å². The van der Waals surface area contributed by atoms with Gasteiger partial charge in [-0.25, -0.2) is 0 Å². The summed E-state index contributed by atoms with van der Waals surface area (Å²) in [5.74, 6) is -1.32. The predicted octanol–water partition coefficient (Wildman–Crippen LogP) is 4.03. The highest BCUT2D eigenvalue weighted by Crippen LogP contribution is 2.55. The van der Waals surface area contributed by atoms with Crippen LogP contribution in [0.15, 0.2) is 54.6 Å². The molecule has 220 valence electrons. The Morgan fingerprint density at radius 2 is 1.86 bits per heavy atom. The Bertz CT molecular complexity index is 1460. The summed E-state index contributed by atoms with van der Waals surface area (Å²) in [5.41, 5.74) is 0.183. The van der Waals surface area contributed by atoms with Crippen LogP contribution < -0.4 is 20.1 Å². The number of benzene rings is 2. The molecule has 4 aliphatic heterocycles. The number of rotatable bonds is 6. The van der Waals surface area contributed by atoms with Crippen LogP contribution in [-0.4, -0.2) is 65.7 Å². The van der Waals surface area contributed by atoms with Gasteiger partial charge in [0, 0.05) is 16.8 Å². The molecule has 0 unspecified atom stereocenters. The average molecular weight is 592 g/mol. The third-order valence-electron chi connectivity index (χ3n) is 9.28. The Balaban J connectivity index is 1.18. The highest BCUT2D eigenvalue weighted by molar-refractivity contribution is 6.31. The summed E-state index contributed by atoms with van der Waals surface area (Å²) in [6, 6.07) is 11.8. The lowest BCUT2D eigenvalue weighted by Crippen LogP contribution is -2.58. The number of carbonyl (C=O) groups excluding carboxylic acids is 3. The van der Waals surface area contributed by atoms with Gasteiger partial charge in [-0.2, -0.15) is 0 Å². The van der Waals surface area contributed by atoms with Crippen LogP contribution in [0.1, 0.15) is 37.7 Å². The van der Waals surface area contributed by atoms with Gasteiger partial charge in [-0.3, -0.25) is 14.4 Å². The minimum atomic E-state index is -1.25. The van der Waals surface area contributed by atoms with Gasteiger partial charge in [-0.15, -0.1) is 0 Å². The Hall–Kier alpha value is -3.56. The minimum absolute atomic E-state index is 0.0488. The van der Waals surface area contributed by atoms with Gasteiger partial charge in [0.2, 0.25) is 17.7 Å². The van der Waals surface area contributed by atoms with E-state index in [0.717, 1.165) is 37.7 Å². The maximum Gasteiger partial charge on any atom is 0.246 e. The number of nitrogens with zero attached hydrogens (tertiary/aromatic N) is 1. The molecule has 4 heterocycles. The largest absolute Gasteiger partial charge is 0.486 e. The fraction of sp³-hybridized carbons (Fsp3) is 0.469. The molecule has 2 bridgehead atoms. The summed E-state index contributed by atoms with van der Waals surface area (Å²) in [6.45, 7) is 2.24. The number of carbonyl (C=O) groups is 3. The van der Waals surface area contributed by atoms with Crippen LogP contribution in [0.5, 0.6) is 11.5 Å². The van der Waals surface area contributed by atoms with Gasteiger partial charge in [-0.05, 0) is 49.6 Å². The Labute approximate surface area is 249 Å². The van der Waals surface area contributed by atoms with Crippen molar-refractivity contribution in [2.45, 2.75) is 68.9 Å². The summed E-state index contributed by atoms with van der Waals surface area (Å²) in [6.07, 6.45) is 7.61. The second kappa shape index (κ2) is 10.6. The van der Waals surface area contributed by atoms with E-state index >= 15 is 0 Å². The lowest BCUT2D eigenvalue weighted by molar-refractivity contribution is -0.143. The number of para-hydroxylation sites is 2. The third-order valence-corrected chi connectivity index (χ3v) is 9.69. The summed E-state index contributed by atoms with van der Waals surface area (Å²) in [5, 5.41) is 6.68. The summed E-state index contributed by atoms with van der Waals surface area (Å²) in [4.78, 5) is 43.6. The molecule has 6 atom stereocenters. The zero-order valence-electron chi connectivity index (χ0n) is 23.4. The zero-order chi connectivity index (χ0) is 29.0. The molecule has 9 nitrogen and oxygen atoms in total. The van der Waals surface area contributed by atoms with Crippen molar-refractivity contribution >= 4 is 35.0 Å². The number of likely N-dealkylation sites (tertiary alicyclic amines) is 1. The first-order valence-corrected chi connectivity index (χ1v) is 15.2. The van der Waals surface area contributed by atoms with E-state index in [4.69, 9.17) is 25.8 Å². The number of halogens is 1. The molecule has 0 radical (unpaired) electrons. The molecule has 3 amide bonds. The van der Waals surface area contributed by atoms with Crippen molar-refractivity contribution in [3.8, 4) is 11.5 Å². The van der Waals surface area contributed by atoms with Crippen molar-refractivity contribution < 1.29 is 28.6 Å². The van der Waals surface area contributed by atoms with Crippen molar-refractivity contribution in [3.05, 3.63) is 65.2 Å². The number of fused-ring (bicyclic) bond motifs is 2. The number of hydrogen-bond acceptors (Lipinski definition) is 6. The highest BCUT2D eigenvalue weighted by atomic mass is 35.5. The lowest BCUT2D eigenvalue weighted by atomic mass is 9.74. The molecule has 1 spiro atoms. The van der Waals surface area contributed by atoms with Crippen LogP contribution in [0.3, 0.4) is 0 Å². The van der Waals surface area contributed by atoms with E-state index in [-0.39, 0.29) is 36.9 Å². The van der Waals surface area contributed by atoms with Crippen LogP contribution >= 0.6 is 11.6 Å². The summed E-state index contributed by atoms with van der Waals surface area (Å²) in [7, 11) is 0. The molecule has 5 aliphatic rings.